The third kappa shape index (κ3) is 4.59. The second-order valence-corrected chi connectivity index (χ2v) is 4.53. The van der Waals surface area contributed by atoms with Gasteiger partial charge in [0, 0.05) is 33.0 Å². The fourth-order valence-electron chi connectivity index (χ4n) is 1.83. The molecule has 0 aliphatic carbocycles. The highest BCUT2D eigenvalue weighted by Crippen LogP contribution is 2.07. The molecule has 0 radical (unpaired) electrons. The van der Waals surface area contributed by atoms with Crippen molar-refractivity contribution in [2.45, 2.75) is 26.0 Å². The van der Waals surface area contributed by atoms with Gasteiger partial charge >= 0.3 is 0 Å². The third-order valence-corrected chi connectivity index (χ3v) is 3.10. The molecule has 20 heavy (non-hydrogen) atoms. The lowest BCUT2D eigenvalue weighted by atomic mass is 10.2. The number of nitrogens with zero attached hydrogens (tertiary/aromatic N) is 2. The van der Waals surface area contributed by atoms with Gasteiger partial charge in [0.05, 0.1) is 24.5 Å². The van der Waals surface area contributed by atoms with Crippen LogP contribution in [0.15, 0.2) is 6.20 Å². The summed E-state index contributed by atoms with van der Waals surface area (Å²) in [5.41, 5.74) is 6.89. The maximum absolute atomic E-state index is 12.1. The molecule has 1 rings (SSSR count). The summed E-state index contributed by atoms with van der Waals surface area (Å²) in [7, 11) is 3.19. The molecule has 0 bridgehead atoms. The molecule has 0 aliphatic rings. The molecule has 0 saturated carbocycles. The Morgan fingerprint density at radius 2 is 2.30 bits per heavy atom. The van der Waals surface area contributed by atoms with E-state index in [0.29, 0.717) is 25.3 Å². The molecule has 1 unspecified atom stereocenters. The summed E-state index contributed by atoms with van der Waals surface area (Å²) < 4.78 is 12.0. The fourth-order valence-corrected chi connectivity index (χ4v) is 1.83. The van der Waals surface area contributed by atoms with Gasteiger partial charge in [-0.15, -0.1) is 0 Å². The molecule has 3 N–H and O–H groups in total. The summed E-state index contributed by atoms with van der Waals surface area (Å²) in [6.45, 7) is 4.04. The van der Waals surface area contributed by atoms with Crippen molar-refractivity contribution in [3.8, 4) is 0 Å². The van der Waals surface area contributed by atoms with E-state index in [-0.39, 0.29) is 12.0 Å². The van der Waals surface area contributed by atoms with Crippen LogP contribution < -0.4 is 11.1 Å². The number of carbonyl (C=O) groups is 1. The van der Waals surface area contributed by atoms with Crippen LogP contribution in [0.1, 0.15) is 22.5 Å². The van der Waals surface area contributed by atoms with Crippen molar-refractivity contribution < 1.29 is 14.3 Å². The van der Waals surface area contributed by atoms with E-state index >= 15 is 0 Å². The predicted molar refractivity (Wildman–Crippen MR) is 75.6 cm³/mol. The van der Waals surface area contributed by atoms with E-state index < -0.39 is 0 Å². The van der Waals surface area contributed by atoms with Crippen molar-refractivity contribution >= 4 is 5.91 Å². The number of aryl methyl sites for hydroxylation is 1. The van der Waals surface area contributed by atoms with Crippen molar-refractivity contribution in [3.05, 3.63) is 17.5 Å². The number of methoxy groups -OCH3 is 2. The number of hydrogen-bond acceptors (Lipinski definition) is 5. The summed E-state index contributed by atoms with van der Waals surface area (Å²) in [5.74, 6) is -0.153. The maximum Gasteiger partial charge on any atom is 0.254 e. The molecule has 1 heterocycles. The second kappa shape index (κ2) is 8.68. The Balaban J connectivity index is 2.57. The van der Waals surface area contributed by atoms with E-state index in [2.05, 4.69) is 10.4 Å². The van der Waals surface area contributed by atoms with Gasteiger partial charge in [-0.1, -0.05) is 0 Å². The van der Waals surface area contributed by atoms with E-state index in [1.54, 1.807) is 25.1 Å². The average Bonchev–Trinajstić information content (AvgIpc) is 2.82. The minimum atomic E-state index is -0.156. The molecule has 1 aromatic heterocycles. The molecule has 7 nitrogen and oxygen atoms in total. The number of ether oxygens (including phenoxy) is 2. The molecule has 7 heteroatoms. The highest BCUT2D eigenvalue weighted by Gasteiger charge is 2.15. The maximum atomic E-state index is 12.1. The van der Waals surface area contributed by atoms with Gasteiger partial charge in [-0.2, -0.15) is 5.10 Å². The van der Waals surface area contributed by atoms with Gasteiger partial charge in [0.1, 0.15) is 0 Å². The molecule has 1 aromatic rings. The first-order chi connectivity index (χ1) is 9.63. The Morgan fingerprint density at radius 1 is 1.55 bits per heavy atom. The van der Waals surface area contributed by atoms with Crippen LogP contribution in [0.4, 0.5) is 0 Å². The van der Waals surface area contributed by atoms with Crippen LogP contribution in [0.5, 0.6) is 0 Å². The van der Waals surface area contributed by atoms with Crippen LogP contribution in [0.3, 0.4) is 0 Å². The Kier molecular flexibility index (Phi) is 7.21. The molecule has 1 atom stereocenters. The fraction of sp³-hybridized carbons (Fsp3) is 0.692. The molecular weight excluding hydrogens is 260 g/mol. The second-order valence-electron chi connectivity index (χ2n) is 4.53. The summed E-state index contributed by atoms with van der Waals surface area (Å²) >= 11 is 0. The standard InChI is InChI=1S/C13H24N4O3/c1-10-12(8-16-17(10)6-4-5-14)13(18)15-7-11(20-3)9-19-2/h8,11H,4-7,9,14H2,1-3H3,(H,15,18). The van der Waals surface area contributed by atoms with E-state index in [0.717, 1.165) is 18.7 Å². The van der Waals surface area contributed by atoms with Crippen LogP contribution in [0.25, 0.3) is 0 Å². The largest absolute Gasteiger partial charge is 0.382 e. The normalized spacial score (nSPS) is 12.4. The van der Waals surface area contributed by atoms with Crippen LogP contribution in [-0.4, -0.2) is 55.7 Å². The van der Waals surface area contributed by atoms with Crippen LogP contribution in [0.2, 0.25) is 0 Å². The summed E-state index contributed by atoms with van der Waals surface area (Å²) in [5, 5.41) is 7.03. The smallest absolute Gasteiger partial charge is 0.254 e. The predicted octanol–water partition coefficient (Wildman–Crippen LogP) is -0.0685. The van der Waals surface area contributed by atoms with Gasteiger partial charge in [-0.05, 0) is 19.9 Å². The van der Waals surface area contributed by atoms with Crippen LogP contribution in [0, 0.1) is 6.92 Å². The third-order valence-electron chi connectivity index (χ3n) is 3.10. The topological polar surface area (TPSA) is 91.4 Å². The summed E-state index contributed by atoms with van der Waals surface area (Å²) in [6, 6.07) is 0. The molecule has 0 aromatic carbocycles. The minimum absolute atomic E-state index is 0.153. The van der Waals surface area contributed by atoms with Gasteiger partial charge < -0.3 is 20.5 Å². The van der Waals surface area contributed by atoms with Crippen molar-refractivity contribution in [2.75, 3.05) is 33.9 Å². The zero-order valence-corrected chi connectivity index (χ0v) is 12.4. The van der Waals surface area contributed by atoms with Crippen molar-refractivity contribution in [1.82, 2.24) is 15.1 Å². The average molecular weight is 284 g/mol. The first-order valence-electron chi connectivity index (χ1n) is 6.66. The number of hydrogen-bond donors (Lipinski definition) is 2. The molecular formula is C13H24N4O3. The first kappa shape index (κ1) is 16.6. The number of nitrogens with two attached hydrogens (primary N) is 1. The minimum Gasteiger partial charge on any atom is -0.382 e. The molecule has 0 saturated heterocycles. The Bertz CT molecular complexity index is 420. The van der Waals surface area contributed by atoms with Crippen LogP contribution >= 0.6 is 0 Å². The van der Waals surface area contributed by atoms with Gasteiger partial charge in [0.25, 0.3) is 5.91 Å². The lowest BCUT2D eigenvalue weighted by molar-refractivity contribution is 0.0285. The zero-order chi connectivity index (χ0) is 15.0. The number of amides is 1. The van der Waals surface area contributed by atoms with Crippen molar-refractivity contribution in [1.29, 1.82) is 0 Å². The Hall–Kier alpha value is -1.44. The van der Waals surface area contributed by atoms with Crippen LogP contribution in [-0.2, 0) is 16.0 Å². The highest BCUT2D eigenvalue weighted by molar-refractivity contribution is 5.95. The van der Waals surface area contributed by atoms with E-state index in [9.17, 15) is 4.79 Å². The zero-order valence-electron chi connectivity index (χ0n) is 12.4. The number of rotatable bonds is 9. The molecule has 0 fully saturated rings. The molecule has 0 aliphatic heterocycles. The molecule has 1 amide bonds. The molecule has 114 valence electrons. The van der Waals surface area contributed by atoms with Crippen molar-refractivity contribution in [2.24, 2.45) is 5.73 Å². The monoisotopic (exact) mass is 284 g/mol. The Morgan fingerprint density at radius 3 is 2.90 bits per heavy atom. The lowest BCUT2D eigenvalue weighted by Gasteiger charge is -2.14. The SMILES string of the molecule is COCC(CNC(=O)c1cnn(CCCN)c1C)OC. The summed E-state index contributed by atoms with van der Waals surface area (Å²) in [6.07, 6.45) is 2.26. The van der Waals surface area contributed by atoms with Gasteiger partial charge in [0.2, 0.25) is 0 Å². The van der Waals surface area contributed by atoms with E-state index in [1.807, 2.05) is 6.92 Å². The number of aromatic nitrogens is 2. The quantitative estimate of drug-likeness (QED) is 0.662. The van der Waals surface area contributed by atoms with E-state index in [1.165, 1.54) is 0 Å². The molecule has 0 spiro atoms. The Labute approximate surface area is 119 Å². The van der Waals surface area contributed by atoms with Crippen molar-refractivity contribution in [3.63, 3.8) is 0 Å². The lowest BCUT2D eigenvalue weighted by Crippen LogP contribution is -2.35. The number of carbonyl (C=O) groups excluding carboxylic acids is 1. The van der Waals surface area contributed by atoms with Gasteiger partial charge in [-0.3, -0.25) is 9.48 Å². The van der Waals surface area contributed by atoms with Gasteiger partial charge in [0.15, 0.2) is 0 Å². The first-order valence-corrected chi connectivity index (χ1v) is 6.66. The van der Waals surface area contributed by atoms with E-state index in [4.69, 9.17) is 15.2 Å². The summed E-state index contributed by atoms with van der Waals surface area (Å²) in [4.78, 5) is 12.1. The van der Waals surface area contributed by atoms with Gasteiger partial charge in [-0.25, -0.2) is 0 Å². The number of nitrogens with one attached hydrogen (secondary N) is 1. The highest BCUT2D eigenvalue weighted by atomic mass is 16.5.